The fraction of sp³-hybridized carbons (Fsp3) is 0.607. The third kappa shape index (κ3) is 12.5. The summed E-state index contributed by atoms with van der Waals surface area (Å²) in [7, 11) is 0. The van der Waals surface area contributed by atoms with E-state index >= 15 is 0 Å². The maximum Gasteiger partial charge on any atom is 0.416 e. The molecule has 42 heavy (non-hydrogen) atoms. The molecule has 1 aromatic carbocycles. The number of benzene rings is 1. The monoisotopic (exact) mass is 601 g/mol. The lowest BCUT2D eigenvalue weighted by molar-refractivity contribution is -0.212. The van der Waals surface area contributed by atoms with E-state index in [1.807, 2.05) is 18.2 Å². The summed E-state index contributed by atoms with van der Waals surface area (Å²) in [6.07, 6.45) is -8.74. The molecular weight excluding hydrogens is 559 g/mol. The van der Waals surface area contributed by atoms with E-state index < -0.39 is 84.7 Å². The van der Waals surface area contributed by atoms with Gasteiger partial charge in [-0.1, -0.05) is 58.0 Å². The first-order valence-corrected chi connectivity index (χ1v) is 13.7. The van der Waals surface area contributed by atoms with Crippen molar-refractivity contribution in [3.8, 4) is 0 Å². The second kappa shape index (κ2) is 16.7. The maximum atomic E-state index is 13.4. The molecule has 0 saturated heterocycles. The number of aryl methyl sites for hydroxylation is 1. The van der Waals surface area contributed by atoms with Crippen LogP contribution in [0.2, 0.25) is 0 Å². The predicted octanol–water partition coefficient (Wildman–Crippen LogP) is 1.08. The number of aliphatic hydroxyl groups is 1. The minimum absolute atomic E-state index is 0.104. The lowest BCUT2D eigenvalue weighted by Gasteiger charge is -2.30. The number of hydrogen-bond acceptors (Lipinski definition) is 6. The molecular formula is C28H42F3N5O6. The van der Waals surface area contributed by atoms with Crippen molar-refractivity contribution in [1.82, 2.24) is 21.3 Å². The highest BCUT2D eigenvalue weighted by atomic mass is 19.4. The van der Waals surface area contributed by atoms with E-state index in [0.29, 0.717) is 6.42 Å². The zero-order chi connectivity index (χ0) is 32.2. The van der Waals surface area contributed by atoms with Gasteiger partial charge in [-0.2, -0.15) is 13.2 Å². The maximum absolute atomic E-state index is 13.4. The number of aliphatic hydroxyl groups excluding tert-OH is 1. The Hall–Kier alpha value is -3.68. The predicted molar refractivity (Wildman–Crippen MR) is 148 cm³/mol. The van der Waals surface area contributed by atoms with Crippen LogP contribution in [0.3, 0.4) is 0 Å². The zero-order valence-electron chi connectivity index (χ0n) is 24.5. The van der Waals surface area contributed by atoms with E-state index in [9.17, 15) is 42.3 Å². The summed E-state index contributed by atoms with van der Waals surface area (Å²) in [4.78, 5) is 62.4. The van der Waals surface area contributed by atoms with Crippen LogP contribution in [0.4, 0.5) is 13.2 Å². The van der Waals surface area contributed by atoms with E-state index in [1.54, 1.807) is 39.8 Å². The molecule has 0 saturated carbocycles. The number of nitrogens with one attached hydrogen (secondary N) is 4. The topological polar surface area (TPSA) is 180 Å². The summed E-state index contributed by atoms with van der Waals surface area (Å²) in [5.41, 5.74) is 5.90. The lowest BCUT2D eigenvalue weighted by Crippen LogP contribution is -2.60. The first kappa shape index (κ1) is 36.3. The van der Waals surface area contributed by atoms with Gasteiger partial charge in [0.2, 0.25) is 29.5 Å². The Kier molecular flexibility index (Phi) is 14.4. The molecule has 0 heterocycles. The lowest BCUT2D eigenvalue weighted by atomic mass is 9.98. The van der Waals surface area contributed by atoms with Crippen LogP contribution in [-0.4, -0.2) is 71.1 Å². The SMILES string of the molecule is CC(=O)N[C@H](C(=O)N[C@@H](CCc1ccccc1)C(=O)N[C@H](C(=O)NC(CCC(N)=O)C(O)C(F)(F)F)C(C)C)C(C)C. The standard InChI is InChI=1S/C28H42F3N5O6/c1-15(2)22(33-17(5)37)26(41)35-20(12-11-18-9-7-6-8-10-18)25(40)36-23(16(3)4)27(42)34-19(13-14-21(32)38)24(39)28(29,30)31/h6-10,15-16,19-20,22-24,39H,11-14H2,1-5H3,(H2,32,38)(H,33,37)(H,34,42)(H,35,41)(H,36,40)/t19?,20-,22-,23-,24?/m0/s1. The second-order valence-corrected chi connectivity index (χ2v) is 10.8. The van der Waals surface area contributed by atoms with Crippen molar-refractivity contribution in [2.24, 2.45) is 17.6 Å². The molecule has 2 unspecified atom stereocenters. The molecule has 0 fully saturated rings. The smallest absolute Gasteiger partial charge is 0.382 e. The molecule has 1 aromatic rings. The molecule has 0 aliphatic heterocycles. The third-order valence-electron chi connectivity index (χ3n) is 6.50. The summed E-state index contributed by atoms with van der Waals surface area (Å²) < 4.78 is 39.7. The molecule has 1 rings (SSSR count). The average molecular weight is 602 g/mol. The molecule has 11 nitrogen and oxygen atoms in total. The Labute approximate surface area is 243 Å². The van der Waals surface area contributed by atoms with Crippen LogP contribution >= 0.6 is 0 Å². The van der Waals surface area contributed by atoms with Gasteiger partial charge in [0.25, 0.3) is 0 Å². The van der Waals surface area contributed by atoms with Crippen LogP contribution in [0.25, 0.3) is 0 Å². The molecule has 0 aliphatic carbocycles. The molecule has 0 aliphatic rings. The Bertz CT molecular complexity index is 1070. The second-order valence-electron chi connectivity index (χ2n) is 10.8. The van der Waals surface area contributed by atoms with Crippen LogP contribution in [0.1, 0.15) is 59.4 Å². The highest BCUT2D eigenvalue weighted by Gasteiger charge is 2.45. The van der Waals surface area contributed by atoms with Gasteiger partial charge in [-0.3, -0.25) is 24.0 Å². The van der Waals surface area contributed by atoms with Gasteiger partial charge in [0, 0.05) is 13.3 Å². The highest BCUT2D eigenvalue weighted by Crippen LogP contribution is 2.24. The van der Waals surface area contributed by atoms with Gasteiger partial charge in [-0.05, 0) is 36.7 Å². The van der Waals surface area contributed by atoms with E-state index in [-0.39, 0.29) is 12.3 Å². The summed E-state index contributed by atoms with van der Waals surface area (Å²) in [5, 5.41) is 19.6. The molecule has 0 bridgehead atoms. The molecule has 0 spiro atoms. The van der Waals surface area contributed by atoms with E-state index in [1.165, 1.54) is 6.92 Å². The Balaban J connectivity index is 3.21. The average Bonchev–Trinajstić information content (AvgIpc) is 2.89. The van der Waals surface area contributed by atoms with Gasteiger partial charge in [-0.25, -0.2) is 0 Å². The van der Waals surface area contributed by atoms with Crippen molar-refractivity contribution >= 4 is 29.5 Å². The van der Waals surface area contributed by atoms with E-state index in [2.05, 4.69) is 21.3 Å². The van der Waals surface area contributed by atoms with Crippen molar-refractivity contribution < 1.29 is 42.3 Å². The summed E-state index contributed by atoms with van der Waals surface area (Å²) in [5.74, 6) is -4.74. The number of amides is 5. The molecule has 5 atom stereocenters. The van der Waals surface area contributed by atoms with Crippen LogP contribution in [0.5, 0.6) is 0 Å². The van der Waals surface area contributed by atoms with Crippen molar-refractivity contribution in [2.75, 3.05) is 0 Å². The molecule has 14 heteroatoms. The summed E-state index contributed by atoms with van der Waals surface area (Å²) in [6.45, 7) is 7.77. The number of alkyl halides is 3. The van der Waals surface area contributed by atoms with Gasteiger partial charge < -0.3 is 32.1 Å². The van der Waals surface area contributed by atoms with Crippen molar-refractivity contribution in [3.05, 3.63) is 35.9 Å². The minimum atomic E-state index is -5.10. The third-order valence-corrected chi connectivity index (χ3v) is 6.50. The molecule has 7 N–H and O–H groups in total. The number of carbonyl (C=O) groups is 5. The first-order valence-electron chi connectivity index (χ1n) is 13.7. The zero-order valence-corrected chi connectivity index (χ0v) is 24.5. The number of carbonyl (C=O) groups excluding carboxylic acids is 5. The Morgan fingerprint density at radius 2 is 1.33 bits per heavy atom. The number of nitrogens with two attached hydrogens (primary N) is 1. The summed E-state index contributed by atoms with van der Waals surface area (Å²) >= 11 is 0. The van der Waals surface area contributed by atoms with Crippen LogP contribution in [0.15, 0.2) is 30.3 Å². The largest absolute Gasteiger partial charge is 0.416 e. The molecule has 0 radical (unpaired) electrons. The highest BCUT2D eigenvalue weighted by molar-refractivity contribution is 5.94. The molecule has 5 amide bonds. The van der Waals surface area contributed by atoms with E-state index in [4.69, 9.17) is 5.73 Å². The summed E-state index contributed by atoms with van der Waals surface area (Å²) in [6, 6.07) is 3.69. The van der Waals surface area contributed by atoms with Crippen molar-refractivity contribution in [2.45, 2.75) is 96.7 Å². The molecule has 236 valence electrons. The van der Waals surface area contributed by atoms with Crippen molar-refractivity contribution in [3.63, 3.8) is 0 Å². The Morgan fingerprint density at radius 1 is 0.810 bits per heavy atom. The minimum Gasteiger partial charge on any atom is -0.382 e. The van der Waals surface area contributed by atoms with Gasteiger partial charge >= 0.3 is 6.18 Å². The number of primary amides is 1. The fourth-order valence-electron chi connectivity index (χ4n) is 4.14. The molecule has 0 aromatic heterocycles. The number of halogens is 3. The van der Waals surface area contributed by atoms with E-state index in [0.717, 1.165) is 5.56 Å². The van der Waals surface area contributed by atoms with Crippen LogP contribution < -0.4 is 27.0 Å². The van der Waals surface area contributed by atoms with Gasteiger partial charge in [0.1, 0.15) is 18.1 Å². The van der Waals surface area contributed by atoms with Crippen molar-refractivity contribution in [1.29, 1.82) is 0 Å². The first-order chi connectivity index (χ1) is 19.4. The quantitative estimate of drug-likeness (QED) is 0.165. The number of rotatable bonds is 16. The number of hydrogen-bond donors (Lipinski definition) is 6. The van der Waals surface area contributed by atoms with Gasteiger partial charge in [0.05, 0.1) is 6.04 Å². The van der Waals surface area contributed by atoms with Crippen LogP contribution in [-0.2, 0) is 30.4 Å². The van der Waals surface area contributed by atoms with Gasteiger partial charge in [-0.15, -0.1) is 0 Å². The Morgan fingerprint density at radius 3 is 1.81 bits per heavy atom. The normalized spacial score (nSPS) is 15.2. The van der Waals surface area contributed by atoms with Crippen LogP contribution in [0, 0.1) is 11.8 Å². The fourth-order valence-corrected chi connectivity index (χ4v) is 4.14. The van der Waals surface area contributed by atoms with Gasteiger partial charge in [0.15, 0.2) is 6.10 Å².